The summed E-state index contributed by atoms with van der Waals surface area (Å²) >= 11 is 0. The molecule has 0 spiro atoms. The number of carbonyl (C=O) groups is 4. The molecule has 2 saturated carbocycles. The highest BCUT2D eigenvalue weighted by Crippen LogP contribution is 2.63. The Balaban J connectivity index is 1.82. The molecule has 3 fully saturated rings. The molecule has 210 valence electrons. The summed E-state index contributed by atoms with van der Waals surface area (Å²) in [4.78, 5) is 54.1. The lowest BCUT2D eigenvalue weighted by molar-refractivity contribution is -0.343. The summed E-state index contributed by atoms with van der Waals surface area (Å²) in [5.74, 6) is -4.86. The van der Waals surface area contributed by atoms with Crippen LogP contribution in [0.4, 0.5) is 0 Å². The van der Waals surface area contributed by atoms with Gasteiger partial charge in [0.1, 0.15) is 17.8 Å². The fourth-order valence-corrected chi connectivity index (χ4v) is 7.45. The first-order valence-corrected chi connectivity index (χ1v) is 13.1. The molecule has 10 heteroatoms. The highest BCUT2D eigenvalue weighted by molar-refractivity contribution is 6.46. The van der Waals surface area contributed by atoms with E-state index in [2.05, 4.69) is 0 Å². The van der Waals surface area contributed by atoms with Gasteiger partial charge in [0.15, 0.2) is 5.60 Å². The summed E-state index contributed by atoms with van der Waals surface area (Å²) < 4.78 is 17.6. The normalized spacial score (nSPS) is 40.9. The van der Waals surface area contributed by atoms with Crippen molar-refractivity contribution < 1.29 is 48.7 Å². The molecule has 0 aromatic heterocycles. The molecule has 1 aliphatic heterocycles. The van der Waals surface area contributed by atoms with Gasteiger partial charge in [-0.05, 0) is 31.6 Å². The van der Waals surface area contributed by atoms with E-state index in [9.17, 15) is 34.5 Å². The van der Waals surface area contributed by atoms with Gasteiger partial charge >= 0.3 is 11.9 Å². The summed E-state index contributed by atoms with van der Waals surface area (Å²) in [5.41, 5.74) is -6.86. The summed E-state index contributed by atoms with van der Waals surface area (Å²) in [7, 11) is 0. The fourth-order valence-electron chi connectivity index (χ4n) is 7.45. The Kier molecular flexibility index (Phi) is 6.23. The fraction of sp³-hybridized carbons (Fsp3) is 0.586. The molecular weight excluding hydrogens is 508 g/mol. The third-order valence-electron chi connectivity index (χ3n) is 9.74. The Bertz CT molecular complexity index is 1280. The lowest BCUT2D eigenvalue weighted by Crippen LogP contribution is -2.81. The van der Waals surface area contributed by atoms with E-state index in [-0.39, 0.29) is 36.2 Å². The van der Waals surface area contributed by atoms with Crippen LogP contribution in [0.25, 0.3) is 0 Å². The molecule has 8 atom stereocenters. The zero-order chi connectivity index (χ0) is 28.7. The average molecular weight is 543 g/mol. The van der Waals surface area contributed by atoms with Crippen molar-refractivity contribution in [3.8, 4) is 0 Å². The zero-order valence-corrected chi connectivity index (χ0v) is 22.6. The second-order valence-electron chi connectivity index (χ2n) is 12.0. The molecule has 0 radical (unpaired) electrons. The van der Waals surface area contributed by atoms with Gasteiger partial charge in [-0.15, -0.1) is 0 Å². The van der Waals surface area contributed by atoms with Crippen molar-refractivity contribution in [2.75, 3.05) is 6.61 Å². The largest absolute Gasteiger partial charge is 0.455 e. The molecule has 5 rings (SSSR count). The Morgan fingerprint density at radius 3 is 2.28 bits per heavy atom. The van der Waals surface area contributed by atoms with Gasteiger partial charge in [-0.1, -0.05) is 32.0 Å². The van der Waals surface area contributed by atoms with E-state index in [1.54, 1.807) is 32.0 Å². The van der Waals surface area contributed by atoms with Crippen molar-refractivity contribution in [3.63, 3.8) is 0 Å². The number of carbonyl (C=O) groups excluding carboxylic acids is 4. The highest BCUT2D eigenvalue weighted by Gasteiger charge is 2.78. The van der Waals surface area contributed by atoms with Crippen LogP contribution < -0.4 is 0 Å². The number of fused-ring (bicyclic) bond motifs is 5. The van der Waals surface area contributed by atoms with Gasteiger partial charge in [0.05, 0.1) is 35.7 Å². The Labute approximate surface area is 225 Å². The van der Waals surface area contributed by atoms with Gasteiger partial charge in [-0.3, -0.25) is 14.4 Å². The van der Waals surface area contributed by atoms with Crippen molar-refractivity contribution >= 4 is 23.5 Å². The van der Waals surface area contributed by atoms with E-state index in [1.807, 2.05) is 0 Å². The van der Waals surface area contributed by atoms with Gasteiger partial charge in [-0.25, -0.2) is 4.79 Å². The molecule has 1 aromatic carbocycles. The predicted octanol–water partition coefficient (Wildman–Crippen LogP) is 1.29. The van der Waals surface area contributed by atoms with Crippen LogP contribution >= 0.6 is 0 Å². The molecule has 39 heavy (non-hydrogen) atoms. The predicted molar refractivity (Wildman–Crippen MR) is 134 cm³/mol. The standard InChI is InChI=1S/C29H34O10/c1-14-17(31)12-29(36)24(38-25(35)16-9-7-6-8-10-16)22-27(5,23(34)21(33)20(14)26(29,3)4)18(32)11-19-28(22,13-37-19)39-15(2)30/h6-10,17-19,22,24,31-32,36H,11-13H2,1-5H3/t17?,18-,19-,22+,24+,27-,28+,29-/m1/s1. The SMILES string of the molecule is CC(=O)O[C@@]12CO[C@@H]1C[C@@H](O)[C@@]1(C)C(=O)C(=O)C3=C(C)C(O)C[C@@](O)([C@@H](OC(=O)c4ccccc4)[C@H]21)C3(C)C. The molecular formula is C29H34O10. The van der Waals surface area contributed by atoms with Crippen molar-refractivity contribution in [1.29, 1.82) is 0 Å². The van der Waals surface area contributed by atoms with Gasteiger partial charge in [0, 0.05) is 30.8 Å². The second kappa shape index (κ2) is 8.79. The van der Waals surface area contributed by atoms with E-state index in [0.717, 1.165) is 0 Å². The van der Waals surface area contributed by atoms with Crippen LogP contribution in [0.2, 0.25) is 0 Å². The maximum Gasteiger partial charge on any atom is 0.338 e. The number of benzene rings is 1. The Morgan fingerprint density at radius 2 is 1.72 bits per heavy atom. The number of hydrogen-bond donors (Lipinski definition) is 3. The zero-order valence-electron chi connectivity index (χ0n) is 22.6. The Morgan fingerprint density at radius 1 is 1.08 bits per heavy atom. The summed E-state index contributed by atoms with van der Waals surface area (Å²) in [6.07, 6.45) is -5.74. The van der Waals surface area contributed by atoms with Crippen LogP contribution in [0.1, 0.15) is 57.8 Å². The molecule has 10 nitrogen and oxygen atoms in total. The second-order valence-corrected chi connectivity index (χ2v) is 12.0. The van der Waals surface area contributed by atoms with Crippen molar-refractivity contribution in [2.24, 2.45) is 16.7 Å². The minimum atomic E-state index is -2.13. The maximum absolute atomic E-state index is 14.2. The van der Waals surface area contributed by atoms with Crippen LogP contribution in [-0.2, 0) is 28.6 Å². The number of aliphatic hydroxyl groups is 3. The lowest BCUT2D eigenvalue weighted by atomic mass is 9.45. The topological polar surface area (TPSA) is 157 Å². The number of rotatable bonds is 3. The smallest absolute Gasteiger partial charge is 0.338 e. The monoisotopic (exact) mass is 542 g/mol. The minimum absolute atomic E-state index is 0.0881. The van der Waals surface area contributed by atoms with Gasteiger partial charge < -0.3 is 29.5 Å². The number of ether oxygens (including phenoxy) is 3. The van der Waals surface area contributed by atoms with Crippen molar-refractivity contribution in [1.82, 2.24) is 0 Å². The lowest BCUT2D eigenvalue weighted by Gasteiger charge is -2.66. The first-order chi connectivity index (χ1) is 18.1. The van der Waals surface area contributed by atoms with Gasteiger partial charge in [0.2, 0.25) is 11.6 Å². The van der Waals surface area contributed by atoms with Crippen molar-refractivity contribution in [3.05, 3.63) is 47.0 Å². The summed E-state index contributed by atoms with van der Waals surface area (Å²) in [5, 5.41) is 35.1. The van der Waals surface area contributed by atoms with E-state index in [0.29, 0.717) is 0 Å². The van der Waals surface area contributed by atoms with E-state index >= 15 is 0 Å². The average Bonchev–Trinajstić information content (AvgIpc) is 2.87. The number of Topliss-reactive ketones (excluding diaryl/α,β-unsaturated/α-hetero) is 2. The van der Waals surface area contributed by atoms with E-state index in [4.69, 9.17) is 14.2 Å². The van der Waals surface area contributed by atoms with Gasteiger partial charge in [-0.2, -0.15) is 0 Å². The quantitative estimate of drug-likeness (QED) is 0.376. The first kappa shape index (κ1) is 27.6. The molecule has 1 saturated heterocycles. The number of aliphatic hydroxyl groups excluding tert-OH is 2. The molecule has 3 N–H and O–H groups in total. The van der Waals surface area contributed by atoms with E-state index < -0.39 is 75.9 Å². The number of hydrogen-bond acceptors (Lipinski definition) is 10. The van der Waals surface area contributed by atoms with Crippen LogP contribution in [0.5, 0.6) is 0 Å². The van der Waals surface area contributed by atoms with Gasteiger partial charge in [0.25, 0.3) is 0 Å². The molecule has 3 aliphatic carbocycles. The molecule has 0 amide bonds. The number of esters is 2. The van der Waals surface area contributed by atoms with Crippen LogP contribution in [0, 0.1) is 16.7 Å². The minimum Gasteiger partial charge on any atom is -0.455 e. The highest BCUT2D eigenvalue weighted by atomic mass is 16.6. The van der Waals surface area contributed by atoms with E-state index in [1.165, 1.54) is 32.9 Å². The molecule has 2 bridgehead atoms. The number of ketones is 2. The molecule has 1 unspecified atom stereocenters. The maximum atomic E-state index is 14.2. The third kappa shape index (κ3) is 3.54. The van der Waals surface area contributed by atoms with Crippen LogP contribution in [0.3, 0.4) is 0 Å². The molecule has 4 aliphatic rings. The van der Waals surface area contributed by atoms with Crippen LogP contribution in [-0.4, -0.2) is 81.0 Å². The molecule has 1 aromatic rings. The van der Waals surface area contributed by atoms with Crippen molar-refractivity contribution in [2.45, 2.75) is 83.1 Å². The first-order valence-electron chi connectivity index (χ1n) is 13.1. The molecule has 1 heterocycles. The van der Waals surface area contributed by atoms with Crippen LogP contribution in [0.15, 0.2) is 41.5 Å². The third-order valence-corrected chi connectivity index (χ3v) is 9.74. The summed E-state index contributed by atoms with van der Waals surface area (Å²) in [6.45, 7) is 7.00. The summed E-state index contributed by atoms with van der Waals surface area (Å²) in [6, 6.07) is 8.02. The Hall–Kier alpha value is -2.92.